The van der Waals surface area contributed by atoms with E-state index in [-0.39, 0.29) is 6.01 Å². The summed E-state index contributed by atoms with van der Waals surface area (Å²) in [5, 5.41) is 5.58. The predicted octanol–water partition coefficient (Wildman–Crippen LogP) is 2.52. The van der Waals surface area contributed by atoms with Gasteiger partial charge in [-0.25, -0.2) is 14.6 Å². The van der Waals surface area contributed by atoms with Gasteiger partial charge < -0.3 is 15.9 Å². The average Bonchev–Trinajstić information content (AvgIpc) is 3.06. The van der Waals surface area contributed by atoms with Gasteiger partial charge in [0.25, 0.3) is 6.01 Å². The Morgan fingerprint density at radius 1 is 1.17 bits per heavy atom. The third-order valence-electron chi connectivity index (χ3n) is 4.62. The number of rotatable bonds is 2. The van der Waals surface area contributed by atoms with Gasteiger partial charge in [-0.3, -0.25) is 0 Å². The van der Waals surface area contributed by atoms with Crippen molar-refractivity contribution in [1.29, 1.82) is 0 Å². The molecule has 3 heterocycles. The van der Waals surface area contributed by atoms with Gasteiger partial charge in [-0.05, 0) is 37.5 Å². The average molecular weight is 321 g/mol. The summed E-state index contributed by atoms with van der Waals surface area (Å²) in [6, 6.07) is 6.18. The Labute approximate surface area is 136 Å². The highest BCUT2D eigenvalue weighted by Gasteiger charge is 2.26. The maximum Gasteiger partial charge on any atom is 0.292 e. The van der Waals surface area contributed by atoms with Crippen molar-refractivity contribution in [3.8, 4) is 11.3 Å². The van der Waals surface area contributed by atoms with Crippen LogP contribution in [0.15, 0.2) is 28.9 Å². The van der Waals surface area contributed by atoms with E-state index in [1.54, 1.807) is 0 Å². The standard InChI is InChI=1S/C16H15N7O/c17-14-12-13(8-4-5-11-10(6-8)21-16(18)24-11)22-23(9-2-1-3-9)15(12)20-7-19-14/h4-7,9H,1-3H2,(H2,18,21)(H2,17,19,20). The van der Waals surface area contributed by atoms with Gasteiger partial charge >= 0.3 is 0 Å². The minimum atomic E-state index is 0.148. The van der Waals surface area contributed by atoms with Gasteiger partial charge in [-0.2, -0.15) is 10.1 Å². The summed E-state index contributed by atoms with van der Waals surface area (Å²) in [7, 11) is 0. The molecule has 0 amide bonds. The van der Waals surface area contributed by atoms with Crippen LogP contribution in [0.4, 0.5) is 11.8 Å². The number of hydrogen-bond acceptors (Lipinski definition) is 7. The van der Waals surface area contributed by atoms with Crippen LogP contribution in [0.1, 0.15) is 25.3 Å². The lowest BCUT2D eigenvalue weighted by molar-refractivity contribution is 0.296. The SMILES string of the molecule is Nc1nc2cc(-c3nn(C4CCC4)c4ncnc(N)c34)ccc2o1. The molecule has 5 rings (SSSR count). The van der Waals surface area contributed by atoms with Crippen LogP contribution >= 0.6 is 0 Å². The second-order valence-electron chi connectivity index (χ2n) is 6.07. The number of fused-ring (bicyclic) bond motifs is 2. The van der Waals surface area contributed by atoms with Crippen molar-refractivity contribution >= 4 is 34.0 Å². The van der Waals surface area contributed by atoms with E-state index in [1.807, 2.05) is 22.9 Å². The first-order chi connectivity index (χ1) is 11.7. The van der Waals surface area contributed by atoms with Gasteiger partial charge in [0, 0.05) is 5.56 Å². The maximum atomic E-state index is 6.13. The fourth-order valence-corrected chi connectivity index (χ4v) is 3.18. The summed E-state index contributed by atoms with van der Waals surface area (Å²) < 4.78 is 7.31. The summed E-state index contributed by atoms with van der Waals surface area (Å²) in [5.41, 5.74) is 15.5. The van der Waals surface area contributed by atoms with Crippen molar-refractivity contribution in [3.05, 3.63) is 24.5 Å². The molecule has 120 valence electrons. The van der Waals surface area contributed by atoms with Gasteiger partial charge in [0.1, 0.15) is 23.4 Å². The van der Waals surface area contributed by atoms with Crippen molar-refractivity contribution < 1.29 is 4.42 Å². The highest BCUT2D eigenvalue weighted by atomic mass is 16.4. The Morgan fingerprint density at radius 2 is 2.04 bits per heavy atom. The molecule has 4 aromatic rings. The van der Waals surface area contributed by atoms with E-state index >= 15 is 0 Å². The minimum absolute atomic E-state index is 0.148. The highest BCUT2D eigenvalue weighted by Crippen LogP contribution is 2.38. The van der Waals surface area contributed by atoms with Crippen LogP contribution in [0.5, 0.6) is 0 Å². The van der Waals surface area contributed by atoms with Gasteiger partial charge in [-0.1, -0.05) is 0 Å². The second kappa shape index (κ2) is 4.67. The molecule has 0 radical (unpaired) electrons. The molecule has 1 aliphatic carbocycles. The van der Waals surface area contributed by atoms with E-state index in [1.165, 1.54) is 12.7 Å². The third kappa shape index (κ3) is 1.79. The van der Waals surface area contributed by atoms with Crippen LogP contribution in [0.2, 0.25) is 0 Å². The van der Waals surface area contributed by atoms with Gasteiger partial charge in [-0.15, -0.1) is 0 Å². The zero-order valence-corrected chi connectivity index (χ0v) is 12.8. The predicted molar refractivity (Wildman–Crippen MR) is 90.0 cm³/mol. The molecular formula is C16H15N7O. The number of anilines is 2. The Bertz CT molecular complexity index is 1080. The molecule has 1 aliphatic rings. The lowest BCUT2D eigenvalue weighted by Crippen LogP contribution is -2.18. The van der Waals surface area contributed by atoms with Crippen molar-refractivity contribution in [2.24, 2.45) is 0 Å². The van der Waals surface area contributed by atoms with Crippen molar-refractivity contribution in [2.75, 3.05) is 11.5 Å². The zero-order valence-electron chi connectivity index (χ0n) is 12.8. The molecule has 1 aromatic carbocycles. The Hall–Kier alpha value is -3.16. The smallest absolute Gasteiger partial charge is 0.292 e. The zero-order chi connectivity index (χ0) is 16.3. The largest absolute Gasteiger partial charge is 0.424 e. The van der Waals surface area contributed by atoms with Crippen LogP contribution in [-0.2, 0) is 0 Å². The first kappa shape index (κ1) is 13.3. The number of aromatic nitrogens is 5. The van der Waals surface area contributed by atoms with E-state index in [0.29, 0.717) is 23.0 Å². The quantitative estimate of drug-likeness (QED) is 0.581. The number of hydrogen-bond donors (Lipinski definition) is 2. The molecule has 1 fully saturated rings. The van der Waals surface area contributed by atoms with Crippen LogP contribution < -0.4 is 11.5 Å². The molecule has 4 N–H and O–H groups in total. The van der Waals surface area contributed by atoms with Gasteiger partial charge in [0.05, 0.1) is 11.4 Å². The monoisotopic (exact) mass is 321 g/mol. The number of benzene rings is 1. The van der Waals surface area contributed by atoms with Gasteiger partial charge in [0.2, 0.25) is 0 Å². The third-order valence-corrected chi connectivity index (χ3v) is 4.62. The molecular weight excluding hydrogens is 306 g/mol. The van der Waals surface area contributed by atoms with E-state index < -0.39 is 0 Å². The van der Waals surface area contributed by atoms with Crippen molar-refractivity contribution in [3.63, 3.8) is 0 Å². The fraction of sp³-hybridized carbons (Fsp3) is 0.250. The normalized spacial score (nSPS) is 15.2. The maximum absolute atomic E-state index is 6.13. The summed E-state index contributed by atoms with van der Waals surface area (Å²) in [5.74, 6) is 0.431. The highest BCUT2D eigenvalue weighted by molar-refractivity contribution is 5.99. The molecule has 0 spiro atoms. The Morgan fingerprint density at radius 3 is 2.83 bits per heavy atom. The molecule has 0 aliphatic heterocycles. The van der Waals surface area contributed by atoms with Crippen LogP contribution in [0, 0.1) is 0 Å². The molecule has 8 nitrogen and oxygen atoms in total. The molecule has 24 heavy (non-hydrogen) atoms. The summed E-state index contributed by atoms with van der Waals surface area (Å²) in [4.78, 5) is 12.7. The molecule has 0 bridgehead atoms. The number of nitrogen functional groups attached to an aromatic ring is 2. The lowest BCUT2D eigenvalue weighted by atomic mass is 9.93. The first-order valence-electron chi connectivity index (χ1n) is 7.86. The lowest BCUT2D eigenvalue weighted by Gasteiger charge is -2.25. The number of nitrogens with two attached hydrogens (primary N) is 2. The molecule has 0 atom stereocenters. The fourth-order valence-electron chi connectivity index (χ4n) is 3.18. The molecule has 0 unspecified atom stereocenters. The van der Waals surface area contributed by atoms with Crippen LogP contribution in [-0.4, -0.2) is 24.7 Å². The summed E-state index contributed by atoms with van der Waals surface area (Å²) >= 11 is 0. The Balaban J connectivity index is 1.77. The molecule has 1 saturated carbocycles. The summed E-state index contributed by atoms with van der Waals surface area (Å²) in [6.07, 6.45) is 4.92. The number of nitrogens with zero attached hydrogens (tertiary/aromatic N) is 5. The second-order valence-corrected chi connectivity index (χ2v) is 6.07. The van der Waals surface area contributed by atoms with Crippen molar-refractivity contribution in [2.45, 2.75) is 25.3 Å². The van der Waals surface area contributed by atoms with E-state index in [2.05, 4.69) is 15.0 Å². The Kier molecular flexibility index (Phi) is 2.59. The minimum Gasteiger partial charge on any atom is -0.424 e. The van der Waals surface area contributed by atoms with Gasteiger partial charge in [0.15, 0.2) is 11.2 Å². The topological polar surface area (TPSA) is 122 Å². The molecule has 0 saturated heterocycles. The summed E-state index contributed by atoms with van der Waals surface area (Å²) in [6.45, 7) is 0. The first-order valence-corrected chi connectivity index (χ1v) is 7.86. The van der Waals surface area contributed by atoms with E-state index in [4.69, 9.17) is 21.0 Å². The molecule has 8 heteroatoms. The van der Waals surface area contributed by atoms with E-state index in [0.717, 1.165) is 35.1 Å². The van der Waals surface area contributed by atoms with E-state index in [9.17, 15) is 0 Å². The number of oxazole rings is 1. The van der Waals surface area contributed by atoms with Crippen molar-refractivity contribution in [1.82, 2.24) is 24.7 Å². The van der Waals surface area contributed by atoms with Crippen LogP contribution in [0.25, 0.3) is 33.4 Å². The molecule has 3 aromatic heterocycles. The van der Waals surface area contributed by atoms with Crippen LogP contribution in [0.3, 0.4) is 0 Å².